The molecule has 0 bridgehead atoms. The fourth-order valence-corrected chi connectivity index (χ4v) is 6.73. The first kappa shape index (κ1) is 29.4. The quantitative estimate of drug-likeness (QED) is 0.317. The van der Waals surface area contributed by atoms with Crippen molar-refractivity contribution in [1.29, 1.82) is 0 Å². The third-order valence-corrected chi connectivity index (χ3v) is 8.88. The van der Waals surface area contributed by atoms with Crippen LogP contribution in [0.5, 0.6) is 0 Å². The fraction of sp³-hybridized carbons (Fsp3) is 0.667. The monoisotopic (exact) mass is 563 g/mol. The van der Waals surface area contributed by atoms with E-state index in [2.05, 4.69) is 28.1 Å². The van der Waals surface area contributed by atoms with Gasteiger partial charge in [0.15, 0.2) is 0 Å². The number of amides is 1. The molecule has 1 aromatic carbocycles. The van der Waals surface area contributed by atoms with Gasteiger partial charge in [-0.2, -0.15) is 0 Å². The lowest BCUT2D eigenvalue weighted by molar-refractivity contribution is -0.161. The van der Waals surface area contributed by atoms with Crippen LogP contribution >= 0.6 is 23.2 Å². The number of halogens is 2. The SMILES string of the molecule is C[C@@H]1CN(Cc2c(Cl)cccc2Cl)C[C@]1(CC(=O)OC(C)(C)C)C(=O)N[C@H]1CCN(CC2=CCCCC2)C1. The van der Waals surface area contributed by atoms with E-state index in [0.717, 1.165) is 31.6 Å². The minimum atomic E-state index is -0.880. The summed E-state index contributed by atoms with van der Waals surface area (Å²) in [7, 11) is 0. The molecule has 6 nitrogen and oxygen atoms in total. The van der Waals surface area contributed by atoms with Gasteiger partial charge in [-0.15, -0.1) is 0 Å². The molecular formula is C30H43Cl2N3O3. The van der Waals surface area contributed by atoms with E-state index in [-0.39, 0.29) is 30.3 Å². The van der Waals surface area contributed by atoms with Gasteiger partial charge in [0, 0.05) is 60.9 Å². The van der Waals surface area contributed by atoms with Crippen LogP contribution in [0.1, 0.15) is 71.8 Å². The number of ether oxygens (including phenoxy) is 1. The van der Waals surface area contributed by atoms with Gasteiger partial charge in [0.05, 0.1) is 11.8 Å². The second-order valence-electron chi connectivity index (χ2n) is 12.5. The average molecular weight is 565 g/mol. The molecule has 0 radical (unpaired) electrons. The summed E-state index contributed by atoms with van der Waals surface area (Å²) in [4.78, 5) is 31.8. The molecule has 38 heavy (non-hydrogen) atoms. The Bertz CT molecular complexity index is 1030. The zero-order valence-electron chi connectivity index (χ0n) is 23.3. The van der Waals surface area contributed by atoms with E-state index in [1.165, 1.54) is 31.3 Å². The van der Waals surface area contributed by atoms with Gasteiger partial charge in [0.25, 0.3) is 0 Å². The Morgan fingerprint density at radius 3 is 2.50 bits per heavy atom. The van der Waals surface area contributed by atoms with Crippen LogP contribution in [-0.4, -0.2) is 66.0 Å². The van der Waals surface area contributed by atoms with Crippen LogP contribution in [-0.2, 0) is 20.9 Å². The summed E-state index contributed by atoms with van der Waals surface area (Å²) in [6.45, 7) is 12.1. The molecule has 0 unspecified atom stereocenters. The summed E-state index contributed by atoms with van der Waals surface area (Å²) in [5.74, 6) is -0.428. The average Bonchev–Trinajstić information content (AvgIpc) is 3.39. The molecule has 4 rings (SSSR count). The van der Waals surface area contributed by atoms with Gasteiger partial charge in [-0.25, -0.2) is 0 Å². The topological polar surface area (TPSA) is 61.9 Å². The van der Waals surface area contributed by atoms with Gasteiger partial charge in [0.1, 0.15) is 5.60 Å². The van der Waals surface area contributed by atoms with Gasteiger partial charge < -0.3 is 10.1 Å². The van der Waals surface area contributed by atoms with E-state index in [4.69, 9.17) is 27.9 Å². The molecule has 1 aliphatic carbocycles. The van der Waals surface area contributed by atoms with Crippen LogP contribution < -0.4 is 5.32 Å². The molecule has 1 aromatic rings. The van der Waals surface area contributed by atoms with Crippen LogP contribution in [0.15, 0.2) is 29.8 Å². The van der Waals surface area contributed by atoms with Crippen molar-refractivity contribution in [3.8, 4) is 0 Å². The highest BCUT2D eigenvalue weighted by Crippen LogP contribution is 2.42. The predicted octanol–water partition coefficient (Wildman–Crippen LogP) is 5.85. The first-order chi connectivity index (χ1) is 17.9. The minimum absolute atomic E-state index is 0.0406. The number of allylic oxidation sites excluding steroid dienone is 1. The number of nitrogens with one attached hydrogen (secondary N) is 1. The van der Waals surface area contributed by atoms with Gasteiger partial charge in [-0.3, -0.25) is 19.4 Å². The summed E-state index contributed by atoms with van der Waals surface area (Å²) >= 11 is 12.9. The Balaban J connectivity index is 1.47. The highest BCUT2D eigenvalue weighted by atomic mass is 35.5. The van der Waals surface area contributed by atoms with Crippen molar-refractivity contribution >= 4 is 35.1 Å². The van der Waals surface area contributed by atoms with Gasteiger partial charge in [0.2, 0.25) is 5.91 Å². The first-order valence-electron chi connectivity index (χ1n) is 14.0. The number of carbonyl (C=O) groups excluding carboxylic acids is 2. The molecule has 0 saturated carbocycles. The van der Waals surface area contributed by atoms with E-state index in [9.17, 15) is 9.59 Å². The Kier molecular flexibility index (Phi) is 9.50. The Hall–Kier alpha value is -1.60. The summed E-state index contributed by atoms with van der Waals surface area (Å²) in [5.41, 5.74) is 0.888. The number of rotatable bonds is 8. The lowest BCUT2D eigenvalue weighted by Gasteiger charge is -2.33. The van der Waals surface area contributed by atoms with Crippen LogP contribution in [0.2, 0.25) is 10.0 Å². The van der Waals surface area contributed by atoms with Crippen LogP contribution in [0.3, 0.4) is 0 Å². The molecule has 8 heteroatoms. The van der Waals surface area contributed by atoms with Crippen molar-refractivity contribution in [2.75, 3.05) is 32.7 Å². The van der Waals surface area contributed by atoms with E-state index in [1.807, 2.05) is 39.0 Å². The zero-order valence-corrected chi connectivity index (χ0v) is 24.8. The molecule has 0 spiro atoms. The molecule has 210 valence electrons. The number of hydrogen-bond acceptors (Lipinski definition) is 5. The third kappa shape index (κ3) is 7.32. The highest BCUT2D eigenvalue weighted by molar-refractivity contribution is 6.35. The van der Waals surface area contributed by atoms with Gasteiger partial charge in [-0.1, -0.05) is 47.8 Å². The predicted molar refractivity (Wildman–Crippen MR) is 153 cm³/mol. The molecule has 1 amide bonds. The molecule has 2 fully saturated rings. The maximum Gasteiger partial charge on any atom is 0.307 e. The molecule has 0 aromatic heterocycles. The van der Waals surface area contributed by atoms with Gasteiger partial charge >= 0.3 is 5.97 Å². The van der Waals surface area contributed by atoms with Crippen molar-refractivity contribution in [1.82, 2.24) is 15.1 Å². The van der Waals surface area contributed by atoms with Crippen molar-refractivity contribution in [2.24, 2.45) is 11.3 Å². The van der Waals surface area contributed by atoms with E-state index in [1.54, 1.807) is 0 Å². The smallest absolute Gasteiger partial charge is 0.307 e. The molecular weight excluding hydrogens is 521 g/mol. The number of esters is 1. The van der Waals surface area contributed by atoms with Gasteiger partial charge in [-0.05, 0) is 70.9 Å². The second-order valence-corrected chi connectivity index (χ2v) is 13.3. The first-order valence-corrected chi connectivity index (χ1v) is 14.8. The van der Waals surface area contributed by atoms with Crippen molar-refractivity contribution in [2.45, 2.75) is 84.4 Å². The zero-order chi connectivity index (χ0) is 27.5. The number of nitrogens with zero attached hydrogens (tertiary/aromatic N) is 2. The lowest BCUT2D eigenvalue weighted by Crippen LogP contribution is -2.51. The molecule has 3 atom stereocenters. The van der Waals surface area contributed by atoms with Crippen molar-refractivity contribution < 1.29 is 14.3 Å². The standard InChI is InChI=1S/C30H43Cl2N3O3/c1-21-16-35(19-24-25(31)11-8-12-26(24)32)20-30(21,15-27(36)38-29(2,3)4)28(37)33-23-13-14-34(18-23)17-22-9-6-5-7-10-22/h8-9,11-12,21,23H,5-7,10,13-20H2,1-4H3,(H,33,37)/t21-,23+,30+/m1/s1. The number of hydrogen-bond donors (Lipinski definition) is 1. The largest absolute Gasteiger partial charge is 0.460 e. The maximum absolute atomic E-state index is 14.0. The molecule has 2 aliphatic heterocycles. The van der Waals surface area contributed by atoms with Crippen molar-refractivity contribution in [3.63, 3.8) is 0 Å². The Morgan fingerprint density at radius 2 is 1.84 bits per heavy atom. The Labute approximate surface area is 238 Å². The highest BCUT2D eigenvalue weighted by Gasteiger charge is 2.52. The van der Waals surface area contributed by atoms with E-state index < -0.39 is 11.0 Å². The molecule has 1 N–H and O–H groups in total. The normalized spacial score (nSPS) is 26.8. The van der Waals surface area contributed by atoms with E-state index >= 15 is 0 Å². The number of likely N-dealkylation sites (tertiary alicyclic amines) is 2. The summed E-state index contributed by atoms with van der Waals surface area (Å²) in [5, 5.41) is 4.57. The molecule has 3 aliphatic rings. The molecule has 2 saturated heterocycles. The summed E-state index contributed by atoms with van der Waals surface area (Å²) in [6, 6.07) is 5.58. The van der Waals surface area contributed by atoms with Crippen LogP contribution in [0, 0.1) is 11.3 Å². The van der Waals surface area contributed by atoms with E-state index in [0.29, 0.717) is 29.7 Å². The number of benzene rings is 1. The maximum atomic E-state index is 14.0. The molecule has 2 heterocycles. The van der Waals surface area contributed by atoms with Crippen LogP contribution in [0.25, 0.3) is 0 Å². The lowest BCUT2D eigenvalue weighted by atomic mass is 9.75. The third-order valence-electron chi connectivity index (χ3n) is 8.18. The Morgan fingerprint density at radius 1 is 1.11 bits per heavy atom. The fourth-order valence-electron chi connectivity index (χ4n) is 6.21. The minimum Gasteiger partial charge on any atom is -0.460 e. The van der Waals surface area contributed by atoms with Crippen molar-refractivity contribution in [3.05, 3.63) is 45.5 Å². The number of carbonyl (C=O) groups is 2. The summed E-state index contributed by atoms with van der Waals surface area (Å²) < 4.78 is 5.69. The summed E-state index contributed by atoms with van der Waals surface area (Å²) in [6.07, 6.45) is 8.31. The second kappa shape index (κ2) is 12.3. The van der Waals surface area contributed by atoms with Crippen LogP contribution in [0.4, 0.5) is 0 Å².